The Balaban J connectivity index is 1.36. The minimum atomic E-state index is -0.214. The van der Waals surface area contributed by atoms with Crippen molar-refractivity contribution in [1.29, 1.82) is 0 Å². The van der Waals surface area contributed by atoms with E-state index in [1.807, 2.05) is 12.1 Å². The second kappa shape index (κ2) is 8.00. The Morgan fingerprint density at radius 2 is 2.07 bits per heavy atom. The van der Waals surface area contributed by atoms with E-state index >= 15 is 0 Å². The number of hydrogen-bond donors (Lipinski definition) is 2. The number of aliphatic imine (C=N–C) groups is 2. The van der Waals surface area contributed by atoms with Gasteiger partial charge in [-0.1, -0.05) is 35.7 Å². The Bertz CT molecular complexity index is 875. The van der Waals surface area contributed by atoms with Gasteiger partial charge in [0.05, 0.1) is 11.7 Å². The number of rotatable bonds is 5. The third-order valence-corrected chi connectivity index (χ3v) is 6.84. The number of aliphatic hydroxyl groups excluding tert-OH is 1. The summed E-state index contributed by atoms with van der Waals surface area (Å²) >= 11 is 3.09. The number of aliphatic hydroxyl groups is 1. The van der Waals surface area contributed by atoms with Gasteiger partial charge in [0.1, 0.15) is 5.92 Å². The van der Waals surface area contributed by atoms with Gasteiger partial charge in [0.15, 0.2) is 5.17 Å². The van der Waals surface area contributed by atoms with Crippen molar-refractivity contribution in [2.75, 3.05) is 13.2 Å². The number of amides is 2. The highest BCUT2D eigenvalue weighted by molar-refractivity contribution is 8.18. The second-order valence-electron chi connectivity index (χ2n) is 6.48. The van der Waals surface area contributed by atoms with Crippen molar-refractivity contribution in [3.05, 3.63) is 45.9 Å². The third-order valence-electron chi connectivity index (χ3n) is 4.67. The molecule has 2 N–H and O–H groups in total. The summed E-state index contributed by atoms with van der Waals surface area (Å²) in [6.45, 7) is 0.156. The minimum absolute atomic E-state index is 0.0819. The molecule has 2 aliphatic heterocycles. The smallest absolute Gasteiger partial charge is 0.262 e. The normalized spacial score (nSPS) is 20.9. The maximum absolute atomic E-state index is 12.5. The molecular weight excluding hydrogens is 382 g/mol. The summed E-state index contributed by atoms with van der Waals surface area (Å²) in [6.07, 6.45) is 3.19. The first-order valence-corrected chi connectivity index (χ1v) is 10.7. The molecule has 4 rings (SSSR count). The summed E-state index contributed by atoms with van der Waals surface area (Å²) in [4.78, 5) is 34.4. The number of carbonyl (C=O) groups excluding carboxylic acids is 2. The Morgan fingerprint density at radius 1 is 1.26 bits per heavy atom. The maximum atomic E-state index is 12.5. The molecule has 0 aromatic heterocycles. The maximum Gasteiger partial charge on any atom is 0.262 e. The molecule has 1 aliphatic carbocycles. The van der Waals surface area contributed by atoms with Gasteiger partial charge in [-0.05, 0) is 47.4 Å². The molecule has 1 unspecified atom stereocenters. The molecule has 2 amide bonds. The molecule has 1 atom stereocenters. The molecule has 1 aromatic rings. The molecule has 0 spiro atoms. The van der Waals surface area contributed by atoms with Crippen molar-refractivity contribution >= 4 is 45.5 Å². The van der Waals surface area contributed by atoms with Crippen LogP contribution in [0.25, 0.3) is 0 Å². The average Bonchev–Trinajstić information content (AvgIpc) is 3.25. The average molecular weight is 402 g/mol. The Kier molecular flexibility index (Phi) is 5.47. The summed E-state index contributed by atoms with van der Waals surface area (Å²) < 4.78 is 0. The highest BCUT2D eigenvalue weighted by atomic mass is 32.2. The van der Waals surface area contributed by atoms with Gasteiger partial charge in [-0.15, -0.1) is 0 Å². The van der Waals surface area contributed by atoms with E-state index in [2.05, 4.69) is 15.3 Å². The fourth-order valence-electron chi connectivity index (χ4n) is 3.35. The van der Waals surface area contributed by atoms with Gasteiger partial charge >= 0.3 is 0 Å². The van der Waals surface area contributed by atoms with Crippen LogP contribution in [0.2, 0.25) is 0 Å². The highest BCUT2D eigenvalue weighted by Crippen LogP contribution is 2.49. The predicted octanol–water partition coefficient (Wildman–Crippen LogP) is 2.74. The molecule has 1 aromatic carbocycles. The van der Waals surface area contributed by atoms with Crippen LogP contribution >= 0.6 is 23.5 Å². The number of hydrogen-bond acceptors (Lipinski definition) is 6. The molecular formula is C19H19N3O3S2. The Labute approximate surface area is 165 Å². The number of allylic oxidation sites excluding steroid dienone is 1. The molecule has 2 heterocycles. The molecule has 0 saturated heterocycles. The van der Waals surface area contributed by atoms with Crippen LogP contribution in [0.4, 0.5) is 0 Å². The lowest BCUT2D eigenvalue weighted by Gasteiger charge is -2.16. The number of thioether (sulfide) groups is 2. The number of fused-ring (bicyclic) bond motifs is 2. The molecule has 3 aliphatic rings. The van der Waals surface area contributed by atoms with Crippen molar-refractivity contribution in [3.8, 4) is 0 Å². The standard InChI is InChI=1S/C19H19N3O3S2/c23-9-8-20-16(24)12-6-4-11(5-7-12)10-26-19-21-17(25)15-13-2-1-3-14(13)27-18(15)22-19/h4-7,15,23H,1-3,8-10H2,(H,20,24). The van der Waals surface area contributed by atoms with Crippen LogP contribution < -0.4 is 5.32 Å². The lowest BCUT2D eigenvalue weighted by molar-refractivity contribution is -0.118. The molecule has 27 heavy (non-hydrogen) atoms. The number of amidine groups is 1. The van der Waals surface area contributed by atoms with Crippen LogP contribution in [-0.4, -0.2) is 40.3 Å². The number of benzene rings is 1. The van der Waals surface area contributed by atoms with E-state index in [1.165, 1.54) is 22.2 Å². The highest BCUT2D eigenvalue weighted by Gasteiger charge is 2.41. The number of nitrogens with zero attached hydrogens (tertiary/aromatic N) is 2. The third kappa shape index (κ3) is 3.88. The first-order chi connectivity index (χ1) is 13.2. The van der Waals surface area contributed by atoms with E-state index < -0.39 is 0 Å². The predicted molar refractivity (Wildman–Crippen MR) is 109 cm³/mol. The molecule has 140 valence electrons. The van der Waals surface area contributed by atoms with Gasteiger partial charge in [0.25, 0.3) is 11.8 Å². The summed E-state index contributed by atoms with van der Waals surface area (Å²) in [5, 5.41) is 12.8. The first-order valence-electron chi connectivity index (χ1n) is 8.87. The SMILES string of the molecule is O=C(NCCO)c1ccc(CSC2=NC(=O)C3C(=N2)SC2=C3CCC2)cc1. The topological polar surface area (TPSA) is 91.1 Å². The van der Waals surface area contributed by atoms with Gasteiger partial charge in [0, 0.05) is 17.9 Å². The van der Waals surface area contributed by atoms with Crippen LogP contribution in [0.5, 0.6) is 0 Å². The van der Waals surface area contributed by atoms with E-state index in [4.69, 9.17) is 5.11 Å². The zero-order valence-corrected chi connectivity index (χ0v) is 16.2. The molecule has 6 nitrogen and oxygen atoms in total. The van der Waals surface area contributed by atoms with E-state index in [-0.39, 0.29) is 30.9 Å². The lowest BCUT2D eigenvalue weighted by atomic mass is 9.98. The Morgan fingerprint density at radius 3 is 2.85 bits per heavy atom. The van der Waals surface area contributed by atoms with E-state index in [9.17, 15) is 9.59 Å². The molecule has 0 bridgehead atoms. The minimum Gasteiger partial charge on any atom is -0.395 e. The number of carbonyl (C=O) groups is 2. The van der Waals surface area contributed by atoms with Crippen LogP contribution in [0, 0.1) is 5.92 Å². The lowest BCUT2D eigenvalue weighted by Crippen LogP contribution is -2.26. The summed E-state index contributed by atoms with van der Waals surface area (Å²) in [6, 6.07) is 7.25. The van der Waals surface area contributed by atoms with E-state index in [1.54, 1.807) is 23.9 Å². The zero-order valence-electron chi connectivity index (χ0n) is 14.6. The second-order valence-corrected chi connectivity index (χ2v) is 8.54. The Hall–Kier alpha value is -1.90. The van der Waals surface area contributed by atoms with Crippen LogP contribution in [0.1, 0.15) is 35.2 Å². The van der Waals surface area contributed by atoms with Crippen molar-refractivity contribution in [2.45, 2.75) is 25.0 Å². The van der Waals surface area contributed by atoms with Gasteiger partial charge < -0.3 is 10.4 Å². The molecule has 0 radical (unpaired) electrons. The number of nitrogens with one attached hydrogen (secondary N) is 1. The van der Waals surface area contributed by atoms with Gasteiger partial charge in [-0.25, -0.2) is 4.99 Å². The van der Waals surface area contributed by atoms with Gasteiger partial charge in [-0.3, -0.25) is 9.59 Å². The van der Waals surface area contributed by atoms with Gasteiger partial charge in [0.2, 0.25) is 0 Å². The van der Waals surface area contributed by atoms with Gasteiger partial charge in [-0.2, -0.15) is 4.99 Å². The molecule has 0 saturated carbocycles. The zero-order chi connectivity index (χ0) is 18.8. The van der Waals surface area contributed by atoms with E-state index in [0.717, 1.165) is 29.9 Å². The summed E-state index contributed by atoms with van der Waals surface area (Å²) in [5.41, 5.74) is 2.82. The summed E-state index contributed by atoms with van der Waals surface area (Å²) in [7, 11) is 0. The van der Waals surface area contributed by atoms with Crippen LogP contribution in [0.15, 0.2) is 44.7 Å². The first kappa shape index (κ1) is 18.5. The molecule has 8 heteroatoms. The molecule has 0 fully saturated rings. The summed E-state index contributed by atoms with van der Waals surface area (Å²) in [5.74, 6) is 0.123. The largest absolute Gasteiger partial charge is 0.395 e. The van der Waals surface area contributed by atoms with Crippen molar-refractivity contribution in [3.63, 3.8) is 0 Å². The fourth-order valence-corrected chi connectivity index (χ4v) is 5.56. The van der Waals surface area contributed by atoms with Crippen molar-refractivity contribution in [1.82, 2.24) is 5.32 Å². The monoisotopic (exact) mass is 401 g/mol. The fraction of sp³-hybridized carbons (Fsp3) is 0.368. The van der Waals surface area contributed by atoms with Crippen molar-refractivity contribution in [2.24, 2.45) is 15.9 Å². The van der Waals surface area contributed by atoms with Crippen LogP contribution in [0.3, 0.4) is 0 Å². The van der Waals surface area contributed by atoms with Crippen molar-refractivity contribution < 1.29 is 14.7 Å². The quantitative estimate of drug-likeness (QED) is 0.792. The van der Waals surface area contributed by atoms with Crippen LogP contribution in [-0.2, 0) is 10.5 Å². The van der Waals surface area contributed by atoms with E-state index in [0.29, 0.717) is 16.5 Å².